The maximum absolute atomic E-state index is 11.2. The lowest BCUT2D eigenvalue weighted by atomic mass is 10.5. The monoisotopic (exact) mass is 274 g/mol. The predicted molar refractivity (Wildman–Crippen MR) is 57.8 cm³/mol. The number of carbonyl (C=O) groups is 1. The van der Waals surface area contributed by atoms with Crippen LogP contribution in [-0.2, 0) is 4.79 Å². The quantitative estimate of drug-likeness (QED) is 0.881. The molecule has 0 radical (unpaired) electrons. The molecule has 0 aliphatic rings. The average Bonchev–Trinajstić information content (AvgIpc) is 2.58. The molecule has 1 amide bonds. The van der Waals surface area contributed by atoms with Crippen molar-refractivity contribution in [2.45, 2.75) is 6.92 Å². The number of halogens is 1. The Hall–Kier alpha value is -1.30. The topological polar surface area (TPSA) is 64.4 Å². The summed E-state index contributed by atoms with van der Waals surface area (Å²) >= 11 is 3.12. The average molecular weight is 275 g/mol. The third kappa shape index (κ3) is 4.64. The molecule has 0 bridgehead atoms. The van der Waals surface area contributed by atoms with Crippen LogP contribution in [0, 0.1) is 6.92 Å². The van der Waals surface area contributed by atoms with Crippen molar-refractivity contribution in [1.29, 1.82) is 0 Å². The zero-order valence-electron chi connectivity index (χ0n) is 8.25. The molecule has 5 nitrogen and oxygen atoms in total. The summed E-state index contributed by atoms with van der Waals surface area (Å²) in [4.78, 5) is 11.2. The molecule has 0 unspecified atom stereocenters. The third-order valence-corrected chi connectivity index (χ3v) is 1.72. The zero-order chi connectivity index (χ0) is 11.3. The SMILES string of the molecule is C=C(Br)CNC(=O)COc1cc(C)on1. The number of carbonyl (C=O) groups excluding carboxylic acids is 1. The molecule has 1 aromatic rings. The Balaban J connectivity index is 2.25. The number of aryl methyl sites for hydroxylation is 1. The van der Waals surface area contributed by atoms with E-state index in [0.29, 0.717) is 22.7 Å². The van der Waals surface area contributed by atoms with E-state index in [2.05, 4.69) is 33.0 Å². The second kappa shape index (κ2) is 5.55. The molecular weight excluding hydrogens is 264 g/mol. The lowest BCUT2D eigenvalue weighted by Gasteiger charge is -2.03. The second-order valence-corrected chi connectivity index (χ2v) is 3.98. The molecule has 1 aromatic heterocycles. The van der Waals surface area contributed by atoms with Gasteiger partial charge >= 0.3 is 0 Å². The van der Waals surface area contributed by atoms with E-state index in [1.807, 2.05) is 0 Å². The molecule has 82 valence electrons. The summed E-state index contributed by atoms with van der Waals surface area (Å²) in [7, 11) is 0. The molecule has 0 saturated carbocycles. The molecule has 1 heterocycles. The van der Waals surface area contributed by atoms with Gasteiger partial charge in [-0.3, -0.25) is 4.79 Å². The smallest absolute Gasteiger partial charge is 0.258 e. The highest BCUT2D eigenvalue weighted by Gasteiger charge is 2.05. The molecule has 0 aliphatic carbocycles. The van der Waals surface area contributed by atoms with E-state index >= 15 is 0 Å². The van der Waals surface area contributed by atoms with Gasteiger partial charge in [-0.2, -0.15) is 0 Å². The highest BCUT2D eigenvalue weighted by molar-refractivity contribution is 9.11. The fourth-order valence-electron chi connectivity index (χ4n) is 0.797. The summed E-state index contributed by atoms with van der Waals surface area (Å²) < 4.78 is 10.5. The van der Waals surface area contributed by atoms with Crippen molar-refractivity contribution in [3.63, 3.8) is 0 Å². The molecule has 6 heteroatoms. The lowest BCUT2D eigenvalue weighted by Crippen LogP contribution is -2.29. The van der Waals surface area contributed by atoms with Gasteiger partial charge < -0.3 is 14.6 Å². The van der Waals surface area contributed by atoms with Gasteiger partial charge in [-0.1, -0.05) is 22.5 Å². The Morgan fingerprint density at radius 1 is 1.80 bits per heavy atom. The van der Waals surface area contributed by atoms with Crippen LogP contribution in [-0.4, -0.2) is 24.2 Å². The number of ether oxygens (including phenoxy) is 1. The summed E-state index contributed by atoms with van der Waals surface area (Å²) in [5.41, 5.74) is 0. The van der Waals surface area contributed by atoms with Gasteiger partial charge in [0, 0.05) is 17.1 Å². The van der Waals surface area contributed by atoms with Gasteiger partial charge in [-0.25, -0.2) is 0 Å². The number of aromatic nitrogens is 1. The van der Waals surface area contributed by atoms with E-state index in [1.165, 1.54) is 0 Å². The summed E-state index contributed by atoms with van der Waals surface area (Å²) in [6, 6.07) is 1.61. The van der Waals surface area contributed by atoms with Crippen molar-refractivity contribution in [1.82, 2.24) is 10.5 Å². The number of rotatable bonds is 5. The summed E-state index contributed by atoms with van der Waals surface area (Å²) in [6.07, 6.45) is 0. The molecular formula is C9H11BrN2O3. The van der Waals surface area contributed by atoms with E-state index in [1.54, 1.807) is 13.0 Å². The summed E-state index contributed by atoms with van der Waals surface area (Å²) in [6.45, 7) is 5.61. The normalized spacial score (nSPS) is 9.73. The van der Waals surface area contributed by atoms with Gasteiger partial charge in [0.1, 0.15) is 5.76 Å². The molecule has 15 heavy (non-hydrogen) atoms. The summed E-state index contributed by atoms with van der Waals surface area (Å²) in [5, 5.41) is 6.17. The molecule has 0 atom stereocenters. The van der Waals surface area contributed by atoms with Gasteiger partial charge in [0.15, 0.2) is 6.61 Å². The highest BCUT2D eigenvalue weighted by Crippen LogP contribution is 2.09. The molecule has 0 aliphatic heterocycles. The van der Waals surface area contributed by atoms with Gasteiger partial charge in [-0.15, -0.1) is 0 Å². The van der Waals surface area contributed by atoms with Crippen LogP contribution in [0.15, 0.2) is 21.7 Å². The van der Waals surface area contributed by atoms with Crippen LogP contribution in [0.3, 0.4) is 0 Å². The Morgan fingerprint density at radius 3 is 3.07 bits per heavy atom. The van der Waals surface area contributed by atoms with Crippen molar-refractivity contribution in [3.05, 3.63) is 22.9 Å². The van der Waals surface area contributed by atoms with Crippen LogP contribution in [0.5, 0.6) is 5.88 Å². The van der Waals surface area contributed by atoms with Crippen molar-refractivity contribution in [3.8, 4) is 5.88 Å². The van der Waals surface area contributed by atoms with Crippen LogP contribution in [0.4, 0.5) is 0 Å². The molecule has 0 saturated heterocycles. The number of hydrogen-bond donors (Lipinski definition) is 1. The maximum Gasteiger partial charge on any atom is 0.258 e. The summed E-state index contributed by atoms with van der Waals surface area (Å²) in [5.74, 6) is 0.704. The standard InChI is InChI=1S/C9H11BrN2O3/c1-6(10)4-11-8(13)5-14-9-3-7(2)15-12-9/h3H,1,4-5H2,2H3,(H,11,13). The van der Waals surface area contributed by atoms with Crippen molar-refractivity contribution < 1.29 is 14.1 Å². The Labute approximate surface area is 95.6 Å². The fraction of sp³-hybridized carbons (Fsp3) is 0.333. The Bertz CT molecular complexity index is 362. The van der Waals surface area contributed by atoms with E-state index in [9.17, 15) is 4.79 Å². The Kier molecular flexibility index (Phi) is 4.36. The highest BCUT2D eigenvalue weighted by atomic mass is 79.9. The number of amides is 1. The second-order valence-electron chi connectivity index (χ2n) is 2.86. The van der Waals surface area contributed by atoms with Crippen LogP contribution in [0.25, 0.3) is 0 Å². The van der Waals surface area contributed by atoms with E-state index in [-0.39, 0.29) is 12.5 Å². The largest absolute Gasteiger partial charge is 0.465 e. The van der Waals surface area contributed by atoms with Gasteiger partial charge in [0.05, 0.1) is 0 Å². The van der Waals surface area contributed by atoms with E-state index in [4.69, 9.17) is 9.26 Å². The van der Waals surface area contributed by atoms with Crippen LogP contribution in [0.1, 0.15) is 5.76 Å². The number of nitrogens with one attached hydrogen (secondary N) is 1. The fourth-order valence-corrected chi connectivity index (χ4v) is 0.937. The zero-order valence-corrected chi connectivity index (χ0v) is 9.83. The van der Waals surface area contributed by atoms with Gasteiger partial charge in [-0.05, 0) is 12.1 Å². The minimum atomic E-state index is -0.240. The Morgan fingerprint density at radius 2 is 2.53 bits per heavy atom. The first-order valence-electron chi connectivity index (χ1n) is 4.24. The lowest BCUT2D eigenvalue weighted by molar-refractivity contribution is -0.122. The maximum atomic E-state index is 11.2. The van der Waals surface area contributed by atoms with Crippen molar-refractivity contribution >= 4 is 21.8 Å². The van der Waals surface area contributed by atoms with Crippen molar-refractivity contribution in [2.75, 3.05) is 13.2 Å². The molecule has 1 N–H and O–H groups in total. The van der Waals surface area contributed by atoms with Gasteiger partial charge in [0.2, 0.25) is 0 Å². The minimum Gasteiger partial charge on any atom is -0.465 e. The molecule has 1 rings (SSSR count). The predicted octanol–water partition coefficient (Wildman–Crippen LogP) is 1.39. The van der Waals surface area contributed by atoms with Crippen molar-refractivity contribution in [2.24, 2.45) is 0 Å². The number of hydrogen-bond acceptors (Lipinski definition) is 4. The minimum absolute atomic E-state index is 0.0910. The first-order valence-corrected chi connectivity index (χ1v) is 5.03. The van der Waals surface area contributed by atoms with Gasteiger partial charge in [0.25, 0.3) is 11.8 Å². The first-order chi connectivity index (χ1) is 7.08. The van der Waals surface area contributed by atoms with Crippen LogP contribution in [0.2, 0.25) is 0 Å². The molecule has 0 fully saturated rings. The first kappa shape index (κ1) is 11.8. The molecule has 0 aromatic carbocycles. The van der Waals surface area contributed by atoms with E-state index < -0.39 is 0 Å². The van der Waals surface area contributed by atoms with Crippen LogP contribution < -0.4 is 10.1 Å². The molecule has 0 spiro atoms. The van der Waals surface area contributed by atoms with Crippen LogP contribution >= 0.6 is 15.9 Å². The number of nitrogens with zero attached hydrogens (tertiary/aromatic N) is 1. The van der Waals surface area contributed by atoms with E-state index in [0.717, 1.165) is 0 Å². The third-order valence-electron chi connectivity index (χ3n) is 1.43.